The van der Waals surface area contributed by atoms with Crippen molar-refractivity contribution in [2.75, 3.05) is 13.1 Å². The van der Waals surface area contributed by atoms with Gasteiger partial charge in [-0.05, 0) is 63.1 Å². The number of aromatic nitrogens is 3. The molecule has 8 nitrogen and oxygen atoms in total. The molecule has 3 aromatic carbocycles. The minimum atomic E-state index is -0.604. The van der Waals surface area contributed by atoms with Crippen LogP contribution in [0, 0.1) is 11.8 Å². The van der Waals surface area contributed by atoms with Crippen molar-refractivity contribution >= 4 is 11.9 Å². The highest BCUT2D eigenvalue weighted by atomic mass is 16.6. The normalized spacial score (nSPS) is 12.8. The van der Waals surface area contributed by atoms with Crippen LogP contribution in [0.3, 0.4) is 0 Å². The summed E-state index contributed by atoms with van der Waals surface area (Å²) in [5, 5.41) is 18.7. The van der Waals surface area contributed by atoms with Gasteiger partial charge in [-0.15, -0.1) is 5.10 Å². The third kappa shape index (κ3) is 9.02. The van der Waals surface area contributed by atoms with Crippen LogP contribution in [0.4, 0.5) is 4.79 Å². The van der Waals surface area contributed by atoms with E-state index in [-0.39, 0.29) is 35.9 Å². The van der Waals surface area contributed by atoms with Gasteiger partial charge in [0.2, 0.25) is 0 Å². The van der Waals surface area contributed by atoms with Gasteiger partial charge < -0.3 is 14.7 Å². The number of Topliss-reactive ketones (excluding diaryl/α,β-unsaturated/α-hetero) is 1. The number of amides is 1. The van der Waals surface area contributed by atoms with Gasteiger partial charge in [0.1, 0.15) is 17.0 Å². The summed E-state index contributed by atoms with van der Waals surface area (Å²) in [6, 6.07) is 26.6. The SMILES string of the molecule is CCC(CCN(C[C@H](C)Cc1ccccc1)C(=O)OC(C)(C)C)CC(=O)c1nnn(-c2cccc(O)c2)c1-c1ccccc1. The van der Waals surface area contributed by atoms with Crippen molar-refractivity contribution in [2.45, 2.75) is 65.9 Å². The van der Waals surface area contributed by atoms with Gasteiger partial charge in [-0.1, -0.05) is 92.2 Å². The Morgan fingerprint density at radius 1 is 0.977 bits per heavy atom. The molecule has 8 heteroatoms. The van der Waals surface area contributed by atoms with Crippen LogP contribution < -0.4 is 0 Å². The second kappa shape index (κ2) is 14.8. The monoisotopic (exact) mass is 596 g/mol. The van der Waals surface area contributed by atoms with Crippen LogP contribution in [0.15, 0.2) is 84.9 Å². The molecule has 1 unspecified atom stereocenters. The van der Waals surface area contributed by atoms with Gasteiger partial charge >= 0.3 is 6.09 Å². The van der Waals surface area contributed by atoms with Crippen LogP contribution in [-0.2, 0) is 11.2 Å². The third-order valence-corrected chi connectivity index (χ3v) is 7.53. The van der Waals surface area contributed by atoms with E-state index in [4.69, 9.17) is 4.74 Å². The first-order valence-electron chi connectivity index (χ1n) is 15.4. The average Bonchev–Trinajstić information content (AvgIpc) is 3.44. The first-order valence-corrected chi connectivity index (χ1v) is 15.4. The van der Waals surface area contributed by atoms with Crippen LogP contribution >= 0.6 is 0 Å². The third-order valence-electron chi connectivity index (χ3n) is 7.53. The van der Waals surface area contributed by atoms with E-state index >= 15 is 0 Å². The molecular weight excluding hydrogens is 552 g/mol. The summed E-state index contributed by atoms with van der Waals surface area (Å²) in [4.78, 5) is 28.8. The highest BCUT2D eigenvalue weighted by Crippen LogP contribution is 2.29. The summed E-state index contributed by atoms with van der Waals surface area (Å²) < 4.78 is 7.37. The van der Waals surface area contributed by atoms with E-state index in [2.05, 4.69) is 36.3 Å². The number of phenols is 1. The van der Waals surface area contributed by atoms with Crippen LogP contribution in [0.2, 0.25) is 0 Å². The van der Waals surface area contributed by atoms with Crippen LogP contribution in [0.1, 0.15) is 69.9 Å². The van der Waals surface area contributed by atoms with Gasteiger partial charge in [0.15, 0.2) is 11.5 Å². The van der Waals surface area contributed by atoms with E-state index < -0.39 is 5.60 Å². The fourth-order valence-corrected chi connectivity index (χ4v) is 5.32. The molecule has 4 aromatic rings. The maximum Gasteiger partial charge on any atom is 0.410 e. The predicted octanol–water partition coefficient (Wildman–Crippen LogP) is 7.74. The summed E-state index contributed by atoms with van der Waals surface area (Å²) in [6.45, 7) is 10.9. The molecule has 1 aromatic heterocycles. The Labute approximate surface area is 260 Å². The Morgan fingerprint density at radius 3 is 2.30 bits per heavy atom. The van der Waals surface area contributed by atoms with Gasteiger partial charge in [-0.2, -0.15) is 0 Å². The highest BCUT2D eigenvalue weighted by molar-refractivity contribution is 6.00. The molecule has 0 radical (unpaired) electrons. The van der Waals surface area contributed by atoms with E-state index in [0.717, 1.165) is 18.4 Å². The predicted molar refractivity (Wildman–Crippen MR) is 173 cm³/mol. The molecule has 2 atom stereocenters. The number of hydrogen-bond acceptors (Lipinski definition) is 6. The molecule has 44 heavy (non-hydrogen) atoms. The Kier molecular flexibility index (Phi) is 10.9. The van der Waals surface area contributed by atoms with Gasteiger partial charge in [-0.3, -0.25) is 4.79 Å². The first kappa shape index (κ1) is 32.5. The Balaban J connectivity index is 1.51. The Morgan fingerprint density at radius 2 is 1.66 bits per heavy atom. The molecule has 0 saturated carbocycles. The van der Waals surface area contributed by atoms with Gasteiger partial charge in [0, 0.05) is 31.1 Å². The zero-order valence-electron chi connectivity index (χ0n) is 26.4. The van der Waals surface area contributed by atoms with Crippen LogP contribution in [0.25, 0.3) is 16.9 Å². The molecule has 232 valence electrons. The maximum atomic E-state index is 13.8. The molecule has 0 spiro atoms. The van der Waals surface area contributed by atoms with Crippen LogP contribution in [-0.4, -0.2) is 55.6 Å². The second-order valence-electron chi connectivity index (χ2n) is 12.5. The second-order valence-corrected chi connectivity index (χ2v) is 12.5. The van der Waals surface area contributed by atoms with Crippen molar-refractivity contribution in [1.82, 2.24) is 19.9 Å². The van der Waals surface area contributed by atoms with Gasteiger partial charge in [0.25, 0.3) is 0 Å². The largest absolute Gasteiger partial charge is 0.508 e. The standard InChI is InChI=1S/C36H44N4O4/c1-6-27(20-21-39(35(43)44-36(3,4)5)25-26(2)22-28-14-9-7-10-15-28)23-32(42)33-34(29-16-11-8-12-17-29)40(38-37-33)30-18-13-19-31(41)24-30/h7-19,24,26-27,41H,6,20-23,25H2,1-5H3/t26-,27?/m1/s1. The molecule has 0 aliphatic rings. The molecular formula is C36H44N4O4. The maximum absolute atomic E-state index is 13.8. The van der Waals surface area contributed by atoms with Crippen molar-refractivity contribution in [2.24, 2.45) is 11.8 Å². The Hall–Kier alpha value is -4.46. The summed E-state index contributed by atoms with van der Waals surface area (Å²) >= 11 is 0. The number of phenolic OH excluding ortho intramolecular Hbond substituents is 1. The summed E-state index contributed by atoms with van der Waals surface area (Å²) in [5.41, 5.74) is 2.92. The molecule has 0 aliphatic heterocycles. The van der Waals surface area contributed by atoms with E-state index in [1.54, 1.807) is 27.8 Å². The summed E-state index contributed by atoms with van der Waals surface area (Å²) in [7, 11) is 0. The highest BCUT2D eigenvalue weighted by Gasteiger charge is 2.27. The lowest BCUT2D eigenvalue weighted by Crippen LogP contribution is -2.40. The lowest BCUT2D eigenvalue weighted by atomic mass is 9.93. The van der Waals surface area contributed by atoms with E-state index in [9.17, 15) is 14.7 Å². The van der Waals surface area contributed by atoms with E-state index in [1.165, 1.54) is 5.56 Å². The average molecular weight is 597 g/mol. The van der Waals surface area contributed by atoms with Crippen LogP contribution in [0.5, 0.6) is 5.75 Å². The zero-order valence-corrected chi connectivity index (χ0v) is 26.4. The number of benzene rings is 3. The number of ketones is 1. The van der Waals surface area contributed by atoms with E-state index in [1.807, 2.05) is 75.4 Å². The van der Waals surface area contributed by atoms with Crippen molar-refractivity contribution in [1.29, 1.82) is 0 Å². The number of carbonyl (C=O) groups is 2. The summed E-state index contributed by atoms with van der Waals surface area (Å²) in [5.74, 6) is 0.255. The van der Waals surface area contributed by atoms with Gasteiger partial charge in [0.05, 0.1) is 5.69 Å². The first-order chi connectivity index (χ1) is 21.0. The fourth-order valence-electron chi connectivity index (χ4n) is 5.32. The van der Waals surface area contributed by atoms with Crippen molar-refractivity contribution in [3.8, 4) is 22.7 Å². The molecule has 0 fully saturated rings. The zero-order chi connectivity index (χ0) is 31.7. The molecule has 1 N–H and O–H groups in total. The molecule has 0 bridgehead atoms. The Bertz CT molecular complexity index is 1510. The minimum Gasteiger partial charge on any atom is -0.508 e. The molecule has 1 amide bonds. The van der Waals surface area contributed by atoms with Crippen molar-refractivity contribution < 1.29 is 19.4 Å². The smallest absolute Gasteiger partial charge is 0.410 e. The molecule has 1 heterocycles. The van der Waals surface area contributed by atoms with E-state index in [0.29, 0.717) is 36.6 Å². The van der Waals surface area contributed by atoms with Crippen molar-refractivity contribution in [3.05, 3.63) is 96.2 Å². The number of ether oxygens (including phenoxy) is 1. The molecule has 0 saturated heterocycles. The number of hydrogen-bond donors (Lipinski definition) is 1. The number of nitrogens with zero attached hydrogens (tertiary/aromatic N) is 4. The number of carbonyl (C=O) groups excluding carboxylic acids is 2. The van der Waals surface area contributed by atoms with Gasteiger partial charge in [-0.25, -0.2) is 9.48 Å². The lowest BCUT2D eigenvalue weighted by molar-refractivity contribution is 0.0213. The molecule has 0 aliphatic carbocycles. The quantitative estimate of drug-likeness (QED) is 0.159. The molecule has 4 rings (SSSR count). The lowest BCUT2D eigenvalue weighted by Gasteiger charge is -2.30. The van der Waals surface area contributed by atoms with Crippen molar-refractivity contribution in [3.63, 3.8) is 0 Å². The number of rotatable bonds is 13. The fraction of sp³-hybridized carbons (Fsp3) is 0.389. The summed E-state index contributed by atoms with van der Waals surface area (Å²) in [6.07, 6.45) is 2.22. The minimum absolute atomic E-state index is 0.0337. The number of aromatic hydroxyl groups is 1. The topological polar surface area (TPSA) is 97.5 Å².